The first-order chi connectivity index (χ1) is 13.0. The zero-order chi connectivity index (χ0) is 20.3. The van der Waals surface area contributed by atoms with E-state index in [1.54, 1.807) is 0 Å². The molecule has 158 valence electrons. The molecule has 0 saturated carbocycles. The van der Waals surface area contributed by atoms with Gasteiger partial charge in [-0.25, -0.2) is 0 Å². The van der Waals surface area contributed by atoms with Crippen molar-refractivity contribution in [2.75, 3.05) is 13.1 Å². The highest BCUT2D eigenvalue weighted by molar-refractivity contribution is 5.78. The third-order valence-corrected chi connectivity index (χ3v) is 4.64. The molecule has 0 radical (unpaired) electrons. The summed E-state index contributed by atoms with van der Waals surface area (Å²) >= 11 is 0. The van der Waals surface area contributed by atoms with Gasteiger partial charge in [0.25, 0.3) is 0 Å². The van der Waals surface area contributed by atoms with Crippen molar-refractivity contribution in [2.45, 2.75) is 96.4 Å². The fourth-order valence-corrected chi connectivity index (χ4v) is 2.99. The second kappa shape index (κ2) is 17.8. The molecule has 1 unspecified atom stereocenters. The van der Waals surface area contributed by atoms with Gasteiger partial charge in [0, 0.05) is 25.9 Å². The van der Waals surface area contributed by atoms with Gasteiger partial charge in [-0.1, -0.05) is 58.3 Å². The maximum Gasteiger partial charge on any atom is 0.320 e. The molecule has 0 spiro atoms. The number of ketones is 1. The van der Waals surface area contributed by atoms with Crippen LogP contribution >= 0.6 is 0 Å². The van der Waals surface area contributed by atoms with Gasteiger partial charge in [-0.3, -0.25) is 15.0 Å². The highest BCUT2D eigenvalue weighted by atomic mass is 16.4. The van der Waals surface area contributed by atoms with Gasteiger partial charge in [0.2, 0.25) is 0 Å². The minimum Gasteiger partial charge on any atom is -0.480 e. The van der Waals surface area contributed by atoms with Crippen LogP contribution in [0.1, 0.15) is 90.4 Å². The van der Waals surface area contributed by atoms with Crippen LogP contribution in [0, 0.1) is 5.41 Å². The minimum atomic E-state index is -0.913. The molecule has 0 amide bonds. The Kier molecular flexibility index (Phi) is 16.7. The fraction of sp³-hybridized carbons (Fsp3) is 0.850. The van der Waals surface area contributed by atoms with E-state index in [2.05, 4.69) is 17.6 Å². The zero-order valence-electron chi connectivity index (χ0n) is 17.0. The molecule has 7 heteroatoms. The van der Waals surface area contributed by atoms with Gasteiger partial charge in [0.15, 0.2) is 5.96 Å². The Morgan fingerprint density at radius 1 is 0.926 bits per heavy atom. The van der Waals surface area contributed by atoms with Crippen LogP contribution in [0.5, 0.6) is 0 Å². The maximum absolute atomic E-state index is 11.9. The maximum atomic E-state index is 11.9. The second-order valence-electron chi connectivity index (χ2n) is 7.19. The third kappa shape index (κ3) is 17.5. The highest BCUT2D eigenvalue weighted by Gasteiger charge is 2.16. The van der Waals surface area contributed by atoms with E-state index in [4.69, 9.17) is 11.1 Å². The van der Waals surface area contributed by atoms with E-state index in [0.717, 1.165) is 12.8 Å². The first-order valence-electron chi connectivity index (χ1n) is 10.5. The number of carbonyl (C=O) groups is 2. The Morgan fingerprint density at radius 2 is 1.52 bits per heavy atom. The Balaban J connectivity index is 3.63. The van der Waals surface area contributed by atoms with Crippen molar-refractivity contribution in [2.24, 2.45) is 5.73 Å². The molecule has 0 aromatic carbocycles. The molecular weight excluding hydrogens is 344 g/mol. The predicted octanol–water partition coefficient (Wildman–Crippen LogP) is 3.17. The third-order valence-electron chi connectivity index (χ3n) is 4.64. The minimum absolute atomic E-state index is 0.114. The Morgan fingerprint density at radius 3 is 2.07 bits per heavy atom. The van der Waals surface area contributed by atoms with E-state index >= 15 is 0 Å². The number of carboxylic acids is 1. The summed E-state index contributed by atoms with van der Waals surface area (Å²) in [7, 11) is 0. The van der Waals surface area contributed by atoms with Crippen LogP contribution < -0.4 is 16.4 Å². The summed E-state index contributed by atoms with van der Waals surface area (Å²) in [5.41, 5.74) is 5.18. The SMILES string of the molecule is CCCCCCCCCCCC(=O)CCNC(CCCNC(=N)N)C(=O)O. The number of nitrogens with one attached hydrogen (secondary N) is 3. The molecule has 0 rings (SSSR count). The van der Waals surface area contributed by atoms with Gasteiger partial charge in [-0.2, -0.15) is 0 Å². The monoisotopic (exact) mass is 384 g/mol. The van der Waals surface area contributed by atoms with E-state index < -0.39 is 12.0 Å². The molecule has 0 heterocycles. The van der Waals surface area contributed by atoms with Crippen molar-refractivity contribution < 1.29 is 14.7 Å². The van der Waals surface area contributed by atoms with E-state index in [-0.39, 0.29) is 11.7 Å². The molecule has 0 saturated heterocycles. The van der Waals surface area contributed by atoms with E-state index in [1.165, 1.54) is 44.9 Å². The van der Waals surface area contributed by atoms with Gasteiger partial charge >= 0.3 is 5.97 Å². The average molecular weight is 385 g/mol. The van der Waals surface area contributed by atoms with Gasteiger partial charge in [0.05, 0.1) is 0 Å². The lowest BCUT2D eigenvalue weighted by Crippen LogP contribution is -2.39. The number of carboxylic acid groups (broad SMARTS) is 1. The molecule has 6 N–H and O–H groups in total. The molecular formula is C20H40N4O3. The first-order valence-corrected chi connectivity index (χ1v) is 10.5. The van der Waals surface area contributed by atoms with Crippen LogP contribution in [0.4, 0.5) is 0 Å². The zero-order valence-corrected chi connectivity index (χ0v) is 17.0. The predicted molar refractivity (Wildman–Crippen MR) is 110 cm³/mol. The van der Waals surface area contributed by atoms with Crippen LogP contribution in [0.3, 0.4) is 0 Å². The fourth-order valence-electron chi connectivity index (χ4n) is 2.99. The number of Topliss-reactive ketones (excluding diaryl/α,β-unsaturated/α-hetero) is 1. The summed E-state index contributed by atoms with van der Waals surface area (Å²) in [5.74, 6) is -0.825. The van der Waals surface area contributed by atoms with Crippen molar-refractivity contribution in [1.29, 1.82) is 5.41 Å². The standard InChI is InChI=1S/C20H40N4O3/c1-2-3-4-5-6-7-8-9-10-12-17(25)14-16-23-18(19(26)27)13-11-15-24-20(21)22/h18,23H,2-16H2,1H3,(H,26,27)(H4,21,22,24). The molecule has 27 heavy (non-hydrogen) atoms. The molecule has 7 nitrogen and oxygen atoms in total. The number of unbranched alkanes of at least 4 members (excludes halogenated alkanes) is 8. The first kappa shape index (κ1) is 25.4. The Labute approximate surface area is 164 Å². The topological polar surface area (TPSA) is 128 Å². The van der Waals surface area contributed by atoms with Crippen LogP contribution in [-0.4, -0.2) is 41.9 Å². The van der Waals surface area contributed by atoms with E-state index in [1.807, 2.05) is 0 Å². The van der Waals surface area contributed by atoms with E-state index in [0.29, 0.717) is 38.8 Å². The van der Waals surface area contributed by atoms with Crippen molar-refractivity contribution in [3.8, 4) is 0 Å². The Hall–Kier alpha value is -1.63. The quantitative estimate of drug-likeness (QED) is 0.132. The molecule has 0 aliphatic heterocycles. The molecule has 0 aromatic heterocycles. The molecule has 0 aliphatic carbocycles. The summed E-state index contributed by atoms with van der Waals surface area (Å²) in [4.78, 5) is 23.1. The van der Waals surface area contributed by atoms with Gasteiger partial charge in [0.1, 0.15) is 11.8 Å². The van der Waals surface area contributed by atoms with Crippen LogP contribution in [-0.2, 0) is 9.59 Å². The van der Waals surface area contributed by atoms with Crippen molar-refractivity contribution in [1.82, 2.24) is 10.6 Å². The number of hydrogen-bond donors (Lipinski definition) is 5. The number of guanidine groups is 1. The van der Waals surface area contributed by atoms with Gasteiger partial charge < -0.3 is 21.5 Å². The van der Waals surface area contributed by atoms with Crippen molar-refractivity contribution in [3.63, 3.8) is 0 Å². The number of aliphatic carboxylic acids is 1. The Bertz CT molecular complexity index is 416. The van der Waals surface area contributed by atoms with Gasteiger partial charge in [-0.15, -0.1) is 0 Å². The lowest BCUT2D eigenvalue weighted by Gasteiger charge is -2.14. The summed E-state index contributed by atoms with van der Waals surface area (Å²) in [5, 5.41) is 21.8. The smallest absolute Gasteiger partial charge is 0.320 e. The molecule has 0 fully saturated rings. The number of rotatable bonds is 19. The number of hydrogen-bond acceptors (Lipinski definition) is 4. The summed E-state index contributed by atoms with van der Waals surface area (Å²) in [6, 6.07) is -0.667. The summed E-state index contributed by atoms with van der Waals surface area (Å²) in [6.07, 6.45) is 13.1. The summed E-state index contributed by atoms with van der Waals surface area (Å²) < 4.78 is 0. The highest BCUT2D eigenvalue weighted by Crippen LogP contribution is 2.11. The largest absolute Gasteiger partial charge is 0.480 e. The second-order valence-corrected chi connectivity index (χ2v) is 7.19. The van der Waals surface area contributed by atoms with Crippen molar-refractivity contribution in [3.05, 3.63) is 0 Å². The van der Waals surface area contributed by atoms with Crippen LogP contribution in [0.2, 0.25) is 0 Å². The lowest BCUT2D eigenvalue weighted by molar-refractivity contribution is -0.139. The van der Waals surface area contributed by atoms with Crippen LogP contribution in [0.15, 0.2) is 0 Å². The molecule has 1 atom stereocenters. The van der Waals surface area contributed by atoms with Crippen molar-refractivity contribution >= 4 is 17.7 Å². The van der Waals surface area contributed by atoms with E-state index in [9.17, 15) is 14.7 Å². The molecule has 0 aromatic rings. The number of carbonyl (C=O) groups excluding carboxylic acids is 1. The van der Waals surface area contributed by atoms with Gasteiger partial charge in [-0.05, 0) is 19.3 Å². The normalized spacial score (nSPS) is 11.9. The molecule has 0 aliphatic rings. The lowest BCUT2D eigenvalue weighted by atomic mass is 10.0. The number of nitrogens with two attached hydrogens (primary N) is 1. The molecule has 0 bridgehead atoms. The van der Waals surface area contributed by atoms with Crippen LogP contribution in [0.25, 0.3) is 0 Å². The summed E-state index contributed by atoms with van der Waals surface area (Å²) in [6.45, 7) is 3.09. The average Bonchev–Trinajstić information content (AvgIpc) is 2.61.